The van der Waals surface area contributed by atoms with Crippen LogP contribution in [0.25, 0.3) is 0 Å². The summed E-state index contributed by atoms with van der Waals surface area (Å²) in [5.41, 5.74) is 0.874. The van der Waals surface area contributed by atoms with E-state index >= 15 is 0 Å². The van der Waals surface area contributed by atoms with Crippen LogP contribution in [0.5, 0.6) is 0 Å². The molecule has 1 aromatic heterocycles. The van der Waals surface area contributed by atoms with E-state index in [-0.39, 0.29) is 4.29 Å². The Bertz CT molecular complexity index is 178. The molecule has 0 bridgehead atoms. The molecular formula is C5H4BrClN2. The fourth-order valence-electron chi connectivity index (χ4n) is 0.423. The van der Waals surface area contributed by atoms with Crippen molar-refractivity contribution in [3.05, 3.63) is 24.3 Å². The molecule has 0 saturated carbocycles. The Kier molecular flexibility index (Phi) is 2.42. The number of halogens is 2. The number of hydrogen-bond donors (Lipinski definition) is 0. The molecule has 0 radical (unpaired) electrons. The molecule has 0 fully saturated rings. The van der Waals surface area contributed by atoms with Gasteiger partial charge in [0.25, 0.3) is 0 Å². The highest BCUT2D eigenvalue weighted by molar-refractivity contribution is 9.09. The van der Waals surface area contributed by atoms with Crippen LogP contribution in [-0.4, -0.2) is 9.97 Å². The van der Waals surface area contributed by atoms with Gasteiger partial charge in [-0.05, 0) is 0 Å². The van der Waals surface area contributed by atoms with E-state index in [1.165, 1.54) is 6.33 Å². The van der Waals surface area contributed by atoms with Crippen LogP contribution in [-0.2, 0) is 0 Å². The molecule has 1 aromatic rings. The summed E-state index contributed by atoms with van der Waals surface area (Å²) in [6.45, 7) is 0. The van der Waals surface area contributed by atoms with Crippen LogP contribution in [0.3, 0.4) is 0 Å². The second-order valence-electron chi connectivity index (χ2n) is 1.47. The van der Waals surface area contributed by atoms with Crippen LogP contribution in [0.15, 0.2) is 18.7 Å². The summed E-state index contributed by atoms with van der Waals surface area (Å²) in [4.78, 5) is 7.56. The molecular weight excluding hydrogens is 203 g/mol. The fourth-order valence-corrected chi connectivity index (χ4v) is 0.772. The van der Waals surface area contributed by atoms with Crippen LogP contribution in [0.4, 0.5) is 0 Å². The van der Waals surface area contributed by atoms with Gasteiger partial charge in [-0.25, -0.2) is 9.97 Å². The zero-order valence-electron chi connectivity index (χ0n) is 4.46. The topological polar surface area (TPSA) is 25.8 Å². The van der Waals surface area contributed by atoms with Crippen molar-refractivity contribution in [2.24, 2.45) is 0 Å². The van der Waals surface area contributed by atoms with Crippen LogP contribution in [0.2, 0.25) is 0 Å². The van der Waals surface area contributed by atoms with E-state index in [0.717, 1.165) is 5.56 Å². The van der Waals surface area contributed by atoms with Crippen molar-refractivity contribution in [3.8, 4) is 0 Å². The fraction of sp³-hybridized carbons (Fsp3) is 0.200. The molecule has 48 valence electrons. The summed E-state index contributed by atoms with van der Waals surface area (Å²) in [5, 5.41) is 0. The highest BCUT2D eigenvalue weighted by atomic mass is 79.9. The lowest BCUT2D eigenvalue weighted by Crippen LogP contribution is -1.83. The Labute approximate surface area is 66.4 Å². The highest BCUT2D eigenvalue weighted by Gasteiger charge is 2.00. The van der Waals surface area contributed by atoms with Crippen LogP contribution in [0, 0.1) is 0 Å². The second kappa shape index (κ2) is 3.13. The van der Waals surface area contributed by atoms with Gasteiger partial charge in [-0.3, -0.25) is 0 Å². The molecule has 0 aliphatic heterocycles. The first kappa shape index (κ1) is 6.96. The molecule has 0 aliphatic carbocycles. The Morgan fingerprint density at radius 2 is 2.00 bits per heavy atom. The number of hydrogen-bond acceptors (Lipinski definition) is 2. The summed E-state index contributed by atoms with van der Waals surface area (Å²) in [6, 6.07) is 0. The molecule has 1 unspecified atom stereocenters. The second-order valence-corrected chi connectivity index (χ2v) is 3.35. The number of alkyl halides is 2. The van der Waals surface area contributed by atoms with Crippen molar-refractivity contribution in [3.63, 3.8) is 0 Å². The van der Waals surface area contributed by atoms with Gasteiger partial charge in [-0.15, -0.1) is 11.6 Å². The van der Waals surface area contributed by atoms with Crippen molar-refractivity contribution in [1.29, 1.82) is 0 Å². The molecule has 0 amide bonds. The first-order valence-corrected chi connectivity index (χ1v) is 3.69. The molecule has 0 aromatic carbocycles. The molecule has 0 N–H and O–H groups in total. The van der Waals surface area contributed by atoms with Gasteiger partial charge in [-0.1, -0.05) is 15.9 Å². The van der Waals surface area contributed by atoms with Gasteiger partial charge in [0.15, 0.2) is 0 Å². The molecule has 9 heavy (non-hydrogen) atoms. The monoisotopic (exact) mass is 206 g/mol. The maximum atomic E-state index is 5.64. The minimum atomic E-state index is -0.182. The lowest BCUT2D eigenvalue weighted by atomic mass is 10.4. The third kappa shape index (κ3) is 1.91. The average Bonchev–Trinajstić information content (AvgIpc) is 1.90. The lowest BCUT2D eigenvalue weighted by Gasteiger charge is -1.95. The molecule has 4 heteroatoms. The van der Waals surface area contributed by atoms with Gasteiger partial charge in [0.2, 0.25) is 0 Å². The predicted octanol–water partition coefficient (Wildman–Crippen LogP) is 2.11. The minimum absolute atomic E-state index is 0.182. The molecule has 1 rings (SSSR count). The van der Waals surface area contributed by atoms with E-state index in [1.807, 2.05) is 0 Å². The van der Waals surface area contributed by atoms with Gasteiger partial charge >= 0.3 is 0 Å². The Morgan fingerprint density at radius 3 is 2.33 bits per heavy atom. The highest BCUT2D eigenvalue weighted by Crippen LogP contribution is 2.24. The first-order chi connectivity index (χ1) is 4.30. The van der Waals surface area contributed by atoms with Gasteiger partial charge in [0.05, 0.1) is 0 Å². The smallest absolute Gasteiger partial charge is 0.116 e. The maximum Gasteiger partial charge on any atom is 0.116 e. The normalized spacial score (nSPS) is 13.1. The van der Waals surface area contributed by atoms with Crippen molar-refractivity contribution in [1.82, 2.24) is 9.97 Å². The number of aromatic nitrogens is 2. The van der Waals surface area contributed by atoms with Crippen molar-refractivity contribution >= 4 is 27.5 Å². The molecule has 0 aliphatic rings. The maximum absolute atomic E-state index is 5.64. The third-order valence-corrected chi connectivity index (χ3v) is 1.61. The van der Waals surface area contributed by atoms with E-state index in [1.54, 1.807) is 12.4 Å². The van der Waals surface area contributed by atoms with Crippen molar-refractivity contribution in [2.45, 2.75) is 4.29 Å². The molecule has 0 spiro atoms. The molecule has 2 nitrogen and oxygen atoms in total. The molecule has 1 atom stereocenters. The van der Waals surface area contributed by atoms with Gasteiger partial charge in [0, 0.05) is 18.0 Å². The van der Waals surface area contributed by atoms with E-state index < -0.39 is 0 Å². The summed E-state index contributed by atoms with van der Waals surface area (Å²) in [6.07, 6.45) is 4.80. The average molecular weight is 207 g/mol. The largest absolute Gasteiger partial charge is 0.244 e. The van der Waals surface area contributed by atoms with Crippen LogP contribution >= 0.6 is 27.5 Å². The minimum Gasteiger partial charge on any atom is -0.244 e. The lowest BCUT2D eigenvalue weighted by molar-refractivity contribution is 1.11. The van der Waals surface area contributed by atoms with Gasteiger partial charge < -0.3 is 0 Å². The van der Waals surface area contributed by atoms with Gasteiger partial charge in [-0.2, -0.15) is 0 Å². The first-order valence-electron chi connectivity index (χ1n) is 2.34. The van der Waals surface area contributed by atoms with E-state index in [2.05, 4.69) is 25.9 Å². The molecule has 1 heterocycles. The quantitative estimate of drug-likeness (QED) is 0.659. The Morgan fingerprint density at radius 1 is 1.44 bits per heavy atom. The zero-order chi connectivity index (χ0) is 6.69. The zero-order valence-corrected chi connectivity index (χ0v) is 6.80. The summed E-state index contributed by atoms with van der Waals surface area (Å²) in [5.74, 6) is 0. The Balaban J connectivity index is 2.85. The van der Waals surface area contributed by atoms with Crippen molar-refractivity contribution < 1.29 is 0 Å². The molecule has 0 saturated heterocycles. The summed E-state index contributed by atoms with van der Waals surface area (Å²) < 4.78 is -0.182. The van der Waals surface area contributed by atoms with Gasteiger partial charge in [0.1, 0.15) is 10.6 Å². The van der Waals surface area contributed by atoms with Crippen LogP contribution < -0.4 is 0 Å². The predicted molar refractivity (Wildman–Crippen MR) is 39.6 cm³/mol. The van der Waals surface area contributed by atoms with Crippen LogP contribution in [0.1, 0.15) is 9.85 Å². The number of rotatable bonds is 1. The summed E-state index contributed by atoms with van der Waals surface area (Å²) in [7, 11) is 0. The Hall–Kier alpha value is -0.150. The van der Waals surface area contributed by atoms with E-state index in [4.69, 9.17) is 11.6 Å². The van der Waals surface area contributed by atoms with E-state index in [9.17, 15) is 0 Å². The third-order valence-electron chi connectivity index (χ3n) is 0.833. The standard InChI is InChI=1S/C5H4BrClN2/c6-5(7)4-1-8-3-9-2-4/h1-3,5H. The van der Waals surface area contributed by atoms with Crippen molar-refractivity contribution in [2.75, 3.05) is 0 Å². The van der Waals surface area contributed by atoms with E-state index in [0.29, 0.717) is 0 Å². The number of nitrogens with zero attached hydrogens (tertiary/aromatic N) is 2. The SMILES string of the molecule is ClC(Br)c1cncnc1. The summed E-state index contributed by atoms with van der Waals surface area (Å²) >= 11 is 8.81.